The molecular weight excluding hydrogens is 470 g/mol. The lowest BCUT2D eigenvalue weighted by Gasteiger charge is -2.23. The number of carbonyl (C=O) groups excluding carboxylic acids is 1. The van der Waals surface area contributed by atoms with Crippen molar-refractivity contribution in [2.45, 2.75) is 78.1 Å². The Morgan fingerprint density at radius 2 is 1.67 bits per heavy atom. The second kappa shape index (κ2) is 14.7. The van der Waals surface area contributed by atoms with E-state index in [2.05, 4.69) is 28.7 Å². The van der Waals surface area contributed by atoms with E-state index in [1.54, 1.807) is 24.2 Å². The number of carbonyl (C=O) groups is 1. The molecular formula is C29H40ClN5O. The second-order valence-electron chi connectivity index (χ2n) is 9.46. The molecule has 7 heteroatoms. The fourth-order valence-corrected chi connectivity index (χ4v) is 4.54. The van der Waals surface area contributed by atoms with Crippen molar-refractivity contribution in [1.82, 2.24) is 14.9 Å². The lowest BCUT2D eigenvalue weighted by Crippen LogP contribution is -2.27. The van der Waals surface area contributed by atoms with Gasteiger partial charge in [0.15, 0.2) is 0 Å². The molecule has 2 aromatic rings. The molecule has 194 valence electrons. The van der Waals surface area contributed by atoms with Crippen LogP contribution in [0.2, 0.25) is 5.02 Å². The molecule has 0 radical (unpaired) electrons. The molecule has 0 unspecified atom stereocenters. The van der Waals surface area contributed by atoms with Gasteiger partial charge in [0.1, 0.15) is 17.4 Å². The lowest BCUT2D eigenvalue weighted by atomic mass is 10.1. The van der Waals surface area contributed by atoms with Gasteiger partial charge < -0.3 is 4.90 Å². The van der Waals surface area contributed by atoms with Gasteiger partial charge in [-0.05, 0) is 43.0 Å². The summed E-state index contributed by atoms with van der Waals surface area (Å²) in [6, 6.07) is 7.78. The highest BCUT2D eigenvalue weighted by Gasteiger charge is 2.26. The van der Waals surface area contributed by atoms with Crippen molar-refractivity contribution >= 4 is 35.2 Å². The Labute approximate surface area is 221 Å². The van der Waals surface area contributed by atoms with E-state index in [0.29, 0.717) is 22.8 Å². The first-order valence-electron chi connectivity index (χ1n) is 13.4. The Balaban J connectivity index is 1.65. The SMILES string of the molecule is CCCCCCN(CCCCCC)c1cnc(/C=C2\N=C(CCc3cccc(Cl)c3)N(C)C2=O)cn1. The summed E-state index contributed by atoms with van der Waals surface area (Å²) in [4.78, 5) is 30.6. The van der Waals surface area contributed by atoms with E-state index in [9.17, 15) is 4.79 Å². The molecule has 0 N–H and O–H groups in total. The van der Waals surface area contributed by atoms with Crippen LogP contribution >= 0.6 is 11.6 Å². The van der Waals surface area contributed by atoms with Crippen LogP contribution in [0.1, 0.15) is 82.9 Å². The number of hydrogen-bond acceptors (Lipinski definition) is 5. The van der Waals surface area contributed by atoms with Crippen molar-refractivity contribution in [3.8, 4) is 0 Å². The van der Waals surface area contributed by atoms with Crippen molar-refractivity contribution in [3.05, 3.63) is 58.6 Å². The zero-order valence-corrected chi connectivity index (χ0v) is 22.8. The van der Waals surface area contributed by atoms with Crippen LogP contribution in [-0.4, -0.2) is 46.7 Å². The number of nitrogens with zero attached hydrogens (tertiary/aromatic N) is 5. The van der Waals surface area contributed by atoms with E-state index in [-0.39, 0.29) is 5.91 Å². The quantitative estimate of drug-likeness (QED) is 0.193. The minimum atomic E-state index is -0.115. The van der Waals surface area contributed by atoms with Gasteiger partial charge in [0.05, 0.1) is 18.1 Å². The Morgan fingerprint density at radius 1 is 0.944 bits per heavy atom. The summed E-state index contributed by atoms with van der Waals surface area (Å²) in [6.45, 7) is 6.48. The third kappa shape index (κ3) is 8.44. The summed E-state index contributed by atoms with van der Waals surface area (Å²) in [6.07, 6.45) is 16.6. The van der Waals surface area contributed by atoms with Gasteiger partial charge >= 0.3 is 0 Å². The average Bonchev–Trinajstić information content (AvgIpc) is 3.15. The number of unbranched alkanes of at least 4 members (excludes halogenated alkanes) is 6. The molecule has 0 bridgehead atoms. The Kier molecular flexibility index (Phi) is 11.4. The average molecular weight is 510 g/mol. The number of hydrogen-bond donors (Lipinski definition) is 0. The third-order valence-corrected chi connectivity index (χ3v) is 6.75. The minimum absolute atomic E-state index is 0.115. The monoisotopic (exact) mass is 509 g/mol. The number of halogens is 1. The van der Waals surface area contributed by atoms with Crippen molar-refractivity contribution < 1.29 is 4.79 Å². The van der Waals surface area contributed by atoms with Crippen LogP contribution in [-0.2, 0) is 11.2 Å². The highest BCUT2D eigenvalue weighted by molar-refractivity contribution is 6.30. The second-order valence-corrected chi connectivity index (χ2v) is 9.90. The van der Waals surface area contributed by atoms with Gasteiger partial charge in [0.2, 0.25) is 0 Å². The van der Waals surface area contributed by atoms with Crippen molar-refractivity contribution in [1.29, 1.82) is 0 Å². The predicted octanol–water partition coefficient (Wildman–Crippen LogP) is 6.94. The molecule has 1 aliphatic rings. The molecule has 0 spiro atoms. The first-order chi connectivity index (χ1) is 17.5. The Morgan fingerprint density at radius 3 is 2.28 bits per heavy atom. The number of benzene rings is 1. The number of aliphatic imine (C=N–C) groups is 1. The largest absolute Gasteiger partial charge is 0.355 e. The summed E-state index contributed by atoms with van der Waals surface area (Å²) in [5, 5.41) is 0.716. The smallest absolute Gasteiger partial charge is 0.277 e. The molecule has 0 fully saturated rings. The first-order valence-corrected chi connectivity index (χ1v) is 13.8. The maximum atomic E-state index is 12.8. The summed E-state index contributed by atoms with van der Waals surface area (Å²) >= 11 is 6.09. The fourth-order valence-electron chi connectivity index (χ4n) is 4.33. The molecule has 2 heterocycles. The van der Waals surface area contributed by atoms with Crippen molar-refractivity contribution in [2.24, 2.45) is 4.99 Å². The third-order valence-electron chi connectivity index (χ3n) is 6.52. The number of rotatable bonds is 15. The topological polar surface area (TPSA) is 61.7 Å². The van der Waals surface area contributed by atoms with E-state index < -0.39 is 0 Å². The summed E-state index contributed by atoms with van der Waals surface area (Å²) in [7, 11) is 1.77. The number of aryl methyl sites for hydroxylation is 1. The maximum Gasteiger partial charge on any atom is 0.277 e. The van der Waals surface area contributed by atoms with Gasteiger partial charge in [-0.1, -0.05) is 76.1 Å². The molecule has 1 aromatic carbocycles. The highest BCUT2D eigenvalue weighted by Crippen LogP contribution is 2.21. The lowest BCUT2D eigenvalue weighted by molar-refractivity contribution is -0.121. The Bertz CT molecular complexity index is 1020. The molecule has 1 aliphatic heterocycles. The molecule has 0 aliphatic carbocycles. The maximum absolute atomic E-state index is 12.8. The van der Waals surface area contributed by atoms with E-state index in [4.69, 9.17) is 16.6 Å². The number of amides is 1. The van der Waals surface area contributed by atoms with Crippen LogP contribution in [0.15, 0.2) is 47.3 Å². The molecule has 1 aromatic heterocycles. The van der Waals surface area contributed by atoms with E-state index >= 15 is 0 Å². The van der Waals surface area contributed by atoms with Crippen molar-refractivity contribution in [2.75, 3.05) is 25.0 Å². The van der Waals surface area contributed by atoms with Crippen LogP contribution in [0.3, 0.4) is 0 Å². The van der Waals surface area contributed by atoms with Crippen LogP contribution in [0, 0.1) is 0 Å². The number of anilines is 1. The van der Waals surface area contributed by atoms with Gasteiger partial charge in [-0.25, -0.2) is 9.98 Å². The standard InChI is InChI=1S/C29H40ClN5O/c1-4-6-8-10-17-35(18-11-9-7-5-2)28-22-31-25(21-32-28)20-26-29(36)34(3)27(33-26)16-15-23-13-12-14-24(30)19-23/h12-14,19-22H,4-11,15-18H2,1-3H3/b26-20-. The zero-order valence-electron chi connectivity index (χ0n) is 22.0. The Hall–Kier alpha value is -2.73. The molecule has 0 atom stereocenters. The highest BCUT2D eigenvalue weighted by atomic mass is 35.5. The minimum Gasteiger partial charge on any atom is -0.355 e. The fraction of sp³-hybridized carbons (Fsp3) is 0.517. The normalized spacial score (nSPS) is 14.6. The number of amidine groups is 1. The van der Waals surface area contributed by atoms with Crippen LogP contribution < -0.4 is 4.90 Å². The van der Waals surface area contributed by atoms with Crippen LogP contribution in [0.5, 0.6) is 0 Å². The van der Waals surface area contributed by atoms with Crippen LogP contribution in [0.25, 0.3) is 6.08 Å². The summed E-state index contributed by atoms with van der Waals surface area (Å²) in [5.41, 5.74) is 2.17. The number of aromatic nitrogens is 2. The molecule has 0 saturated heterocycles. The van der Waals surface area contributed by atoms with Crippen LogP contribution in [0.4, 0.5) is 5.82 Å². The van der Waals surface area contributed by atoms with Gasteiger partial charge in [0.25, 0.3) is 5.91 Å². The molecule has 3 rings (SSSR count). The van der Waals surface area contributed by atoms with Gasteiger partial charge in [-0.15, -0.1) is 0 Å². The van der Waals surface area contributed by atoms with Gasteiger partial charge in [-0.2, -0.15) is 0 Å². The van der Waals surface area contributed by atoms with E-state index in [1.165, 1.54) is 51.4 Å². The molecule has 0 saturated carbocycles. The van der Waals surface area contributed by atoms with E-state index in [0.717, 1.165) is 36.7 Å². The summed E-state index contributed by atoms with van der Waals surface area (Å²) in [5.74, 6) is 1.54. The van der Waals surface area contributed by atoms with Gasteiger partial charge in [0, 0.05) is 31.6 Å². The predicted molar refractivity (Wildman–Crippen MR) is 150 cm³/mol. The van der Waals surface area contributed by atoms with E-state index in [1.807, 2.05) is 30.5 Å². The molecule has 36 heavy (non-hydrogen) atoms. The van der Waals surface area contributed by atoms with Gasteiger partial charge in [-0.3, -0.25) is 14.7 Å². The molecule has 1 amide bonds. The zero-order chi connectivity index (χ0) is 25.8. The summed E-state index contributed by atoms with van der Waals surface area (Å²) < 4.78 is 0. The number of likely N-dealkylation sites (N-methyl/N-ethyl adjacent to an activating group) is 1. The molecule has 6 nitrogen and oxygen atoms in total. The van der Waals surface area contributed by atoms with Crippen molar-refractivity contribution in [3.63, 3.8) is 0 Å². The first kappa shape index (κ1) is 27.9.